The summed E-state index contributed by atoms with van der Waals surface area (Å²) >= 11 is 3.39. The molecule has 1 aromatic carbocycles. The molecule has 0 spiro atoms. The van der Waals surface area contributed by atoms with Crippen molar-refractivity contribution in [3.8, 4) is 0 Å². The van der Waals surface area contributed by atoms with E-state index in [4.69, 9.17) is 0 Å². The molecular formula is C11H13BrF3NO. The lowest BCUT2D eigenvalue weighted by Gasteiger charge is -2.16. The number of alkyl halides is 3. The summed E-state index contributed by atoms with van der Waals surface area (Å²) in [5, 5.41) is 2.96. The average molecular weight is 312 g/mol. The first kappa shape index (κ1) is 14.5. The van der Waals surface area contributed by atoms with Gasteiger partial charge in [-0.1, -0.05) is 34.1 Å². The van der Waals surface area contributed by atoms with Crippen molar-refractivity contribution in [3.05, 3.63) is 34.3 Å². The second-order valence-corrected chi connectivity index (χ2v) is 4.35. The first-order valence-corrected chi connectivity index (χ1v) is 5.88. The van der Waals surface area contributed by atoms with Crippen LogP contribution in [0.15, 0.2) is 28.7 Å². The van der Waals surface area contributed by atoms with Crippen molar-refractivity contribution in [2.45, 2.75) is 19.3 Å². The van der Waals surface area contributed by atoms with Crippen molar-refractivity contribution >= 4 is 15.9 Å². The molecule has 6 heteroatoms. The number of ether oxygens (including phenoxy) is 1. The summed E-state index contributed by atoms with van der Waals surface area (Å²) in [5.74, 6) is 0. The second kappa shape index (κ2) is 6.37. The fourth-order valence-electron chi connectivity index (χ4n) is 1.38. The highest BCUT2D eigenvalue weighted by atomic mass is 79.9. The summed E-state index contributed by atoms with van der Waals surface area (Å²) in [6.07, 6.45) is -4.56. The Morgan fingerprint density at radius 2 is 2.00 bits per heavy atom. The van der Waals surface area contributed by atoms with Crippen molar-refractivity contribution in [2.75, 3.05) is 13.2 Å². The Hall–Kier alpha value is -0.590. The van der Waals surface area contributed by atoms with Crippen molar-refractivity contribution in [2.24, 2.45) is 0 Å². The number of nitrogens with one attached hydrogen (secondary N) is 1. The smallest absolute Gasteiger partial charge is 0.308 e. The third-order valence-electron chi connectivity index (χ3n) is 2.19. The fraction of sp³-hybridized carbons (Fsp3) is 0.455. The van der Waals surface area contributed by atoms with Crippen LogP contribution in [0, 0.1) is 0 Å². The highest BCUT2D eigenvalue weighted by Gasteiger charge is 2.28. The zero-order valence-electron chi connectivity index (χ0n) is 9.22. The van der Waals surface area contributed by atoms with Crippen LogP contribution in [-0.2, 0) is 4.74 Å². The molecule has 0 heterocycles. The predicted molar refractivity (Wildman–Crippen MR) is 62.6 cm³/mol. The van der Waals surface area contributed by atoms with Crippen LogP contribution in [0.2, 0.25) is 0 Å². The lowest BCUT2D eigenvalue weighted by atomic mass is 10.1. The molecule has 0 bridgehead atoms. The maximum absolute atomic E-state index is 11.7. The van der Waals surface area contributed by atoms with Crippen LogP contribution in [0.1, 0.15) is 18.5 Å². The van der Waals surface area contributed by atoms with Crippen LogP contribution < -0.4 is 5.32 Å². The van der Waals surface area contributed by atoms with E-state index in [1.807, 2.05) is 31.2 Å². The van der Waals surface area contributed by atoms with Crippen molar-refractivity contribution < 1.29 is 17.9 Å². The molecule has 0 unspecified atom stereocenters. The molecular weight excluding hydrogens is 299 g/mol. The van der Waals surface area contributed by atoms with Gasteiger partial charge in [0.2, 0.25) is 0 Å². The number of benzene rings is 1. The van der Waals surface area contributed by atoms with Crippen LogP contribution in [0.5, 0.6) is 0 Å². The molecule has 0 fully saturated rings. The van der Waals surface area contributed by atoms with Crippen LogP contribution in [0.3, 0.4) is 0 Å². The van der Waals surface area contributed by atoms with Gasteiger partial charge in [-0.05, 0) is 18.6 Å². The molecule has 0 saturated carbocycles. The third kappa shape index (κ3) is 5.52. The van der Waals surface area contributed by atoms with Gasteiger partial charge in [0.05, 0.1) is 6.61 Å². The Bertz CT molecular complexity index is 357. The van der Waals surface area contributed by atoms with Crippen LogP contribution in [0.4, 0.5) is 13.2 Å². The van der Waals surface area contributed by atoms with E-state index in [0.717, 1.165) is 10.0 Å². The number of hydrogen-bond donors (Lipinski definition) is 1. The van der Waals surface area contributed by atoms with Gasteiger partial charge in [0.1, 0.15) is 0 Å². The Kier molecular flexibility index (Phi) is 5.42. The van der Waals surface area contributed by atoms with Crippen molar-refractivity contribution in [1.29, 1.82) is 0 Å². The highest BCUT2D eigenvalue weighted by Crippen LogP contribution is 2.22. The Balaban J connectivity index is 2.36. The highest BCUT2D eigenvalue weighted by molar-refractivity contribution is 9.10. The Labute approximate surface area is 106 Å². The zero-order valence-corrected chi connectivity index (χ0v) is 10.8. The molecule has 1 rings (SSSR count). The van der Waals surface area contributed by atoms with Gasteiger partial charge >= 0.3 is 6.36 Å². The van der Waals surface area contributed by atoms with Gasteiger partial charge in [-0.15, -0.1) is 13.2 Å². The van der Waals surface area contributed by atoms with Crippen LogP contribution >= 0.6 is 15.9 Å². The minimum atomic E-state index is -4.56. The summed E-state index contributed by atoms with van der Waals surface area (Å²) < 4.78 is 39.7. The van der Waals surface area contributed by atoms with E-state index in [2.05, 4.69) is 26.0 Å². The molecule has 96 valence electrons. The zero-order chi connectivity index (χ0) is 12.9. The molecule has 0 aliphatic heterocycles. The topological polar surface area (TPSA) is 21.3 Å². The lowest BCUT2D eigenvalue weighted by molar-refractivity contribution is -0.323. The largest absolute Gasteiger partial charge is 0.522 e. The molecule has 0 radical (unpaired) electrons. The molecule has 17 heavy (non-hydrogen) atoms. The minimum Gasteiger partial charge on any atom is -0.308 e. The molecule has 0 amide bonds. The third-order valence-corrected chi connectivity index (χ3v) is 2.91. The average Bonchev–Trinajstić information content (AvgIpc) is 2.23. The van der Waals surface area contributed by atoms with Gasteiger partial charge in [0, 0.05) is 17.1 Å². The molecule has 0 aliphatic rings. The SMILES string of the molecule is C[C@@H](NCCOC(F)(F)F)c1ccccc1Br. The van der Waals surface area contributed by atoms with Crippen LogP contribution in [-0.4, -0.2) is 19.5 Å². The van der Waals surface area contributed by atoms with Gasteiger partial charge in [-0.3, -0.25) is 4.74 Å². The molecule has 0 aliphatic carbocycles. The van der Waals surface area contributed by atoms with Crippen molar-refractivity contribution in [1.82, 2.24) is 5.32 Å². The van der Waals surface area contributed by atoms with Gasteiger partial charge < -0.3 is 5.32 Å². The van der Waals surface area contributed by atoms with E-state index in [9.17, 15) is 13.2 Å². The molecule has 2 nitrogen and oxygen atoms in total. The van der Waals surface area contributed by atoms with E-state index in [1.165, 1.54) is 0 Å². The molecule has 0 saturated heterocycles. The first-order chi connectivity index (χ1) is 7.90. The number of halogens is 4. The normalized spacial score (nSPS) is 13.7. The van der Waals surface area contributed by atoms with Crippen LogP contribution in [0.25, 0.3) is 0 Å². The maximum atomic E-state index is 11.7. The first-order valence-electron chi connectivity index (χ1n) is 5.08. The Morgan fingerprint density at radius 1 is 1.35 bits per heavy atom. The van der Waals surface area contributed by atoms with Gasteiger partial charge in [0.25, 0.3) is 0 Å². The monoisotopic (exact) mass is 311 g/mol. The minimum absolute atomic E-state index is 0.0394. The Morgan fingerprint density at radius 3 is 2.59 bits per heavy atom. The van der Waals surface area contributed by atoms with Gasteiger partial charge in [0.15, 0.2) is 0 Å². The molecule has 1 aromatic rings. The summed E-state index contributed by atoms with van der Waals surface area (Å²) in [4.78, 5) is 0. The summed E-state index contributed by atoms with van der Waals surface area (Å²) in [7, 11) is 0. The molecule has 0 aromatic heterocycles. The molecule has 1 N–H and O–H groups in total. The summed E-state index contributed by atoms with van der Waals surface area (Å²) in [6, 6.07) is 7.52. The lowest BCUT2D eigenvalue weighted by Crippen LogP contribution is -2.26. The van der Waals surface area contributed by atoms with Gasteiger partial charge in [-0.2, -0.15) is 0 Å². The van der Waals surface area contributed by atoms with E-state index >= 15 is 0 Å². The van der Waals surface area contributed by atoms with Gasteiger partial charge in [-0.25, -0.2) is 0 Å². The summed E-state index contributed by atoms with van der Waals surface area (Å²) in [6.45, 7) is 1.63. The summed E-state index contributed by atoms with van der Waals surface area (Å²) in [5.41, 5.74) is 1.000. The van der Waals surface area contributed by atoms with E-state index in [0.29, 0.717) is 0 Å². The predicted octanol–water partition coefficient (Wildman–Crippen LogP) is 3.64. The number of hydrogen-bond acceptors (Lipinski definition) is 2. The number of rotatable bonds is 5. The van der Waals surface area contributed by atoms with E-state index in [-0.39, 0.29) is 12.6 Å². The van der Waals surface area contributed by atoms with E-state index in [1.54, 1.807) is 0 Å². The second-order valence-electron chi connectivity index (χ2n) is 3.49. The standard InChI is InChI=1S/C11H13BrF3NO/c1-8(9-4-2-3-5-10(9)12)16-6-7-17-11(13,14)15/h2-5,8,16H,6-7H2,1H3/t8-/m1/s1. The quantitative estimate of drug-likeness (QED) is 0.838. The van der Waals surface area contributed by atoms with E-state index < -0.39 is 13.0 Å². The van der Waals surface area contributed by atoms with Crippen molar-refractivity contribution in [3.63, 3.8) is 0 Å². The molecule has 1 atom stereocenters. The maximum Gasteiger partial charge on any atom is 0.522 e. The fourth-order valence-corrected chi connectivity index (χ4v) is 2.01.